The van der Waals surface area contributed by atoms with Crippen molar-refractivity contribution in [3.63, 3.8) is 0 Å². The van der Waals surface area contributed by atoms with Gasteiger partial charge in [0, 0.05) is 37.1 Å². The molecule has 0 fully saturated rings. The average Bonchev–Trinajstić information content (AvgIpc) is 4.14. The van der Waals surface area contributed by atoms with Gasteiger partial charge < -0.3 is 13.9 Å². The van der Waals surface area contributed by atoms with Crippen molar-refractivity contribution in [2.24, 2.45) is 0 Å². The Morgan fingerprint density at radius 1 is 0.600 bits per heavy atom. The first kappa shape index (κ1) is 44.1. The zero-order chi connectivity index (χ0) is 45.7. The summed E-state index contributed by atoms with van der Waals surface area (Å²) < 4.78 is 96.5. The molecule has 334 valence electrons. The Kier molecular flexibility index (Phi) is 12.7. The summed E-state index contributed by atoms with van der Waals surface area (Å²) in [5, 5.41) is 28.4. The Hall–Kier alpha value is -7.51. The zero-order valence-corrected chi connectivity index (χ0v) is 35.0. The molecule has 4 aromatic carbocycles. The molecule has 0 aliphatic rings. The molecule has 0 aliphatic heterocycles. The highest BCUT2D eigenvalue weighted by Crippen LogP contribution is 2.37. The summed E-state index contributed by atoms with van der Waals surface area (Å²) in [4.78, 5) is 22.0. The number of halogens is 6. The van der Waals surface area contributed by atoms with Crippen molar-refractivity contribution in [3.05, 3.63) is 143 Å². The van der Waals surface area contributed by atoms with Crippen LogP contribution in [0, 0.1) is 0 Å². The van der Waals surface area contributed by atoms with Crippen molar-refractivity contribution in [3.8, 4) is 45.0 Å². The zero-order valence-electron chi connectivity index (χ0n) is 35.0. The molecule has 14 nitrogen and oxygen atoms in total. The van der Waals surface area contributed by atoms with Gasteiger partial charge in [0.05, 0.1) is 5.69 Å². The molecule has 0 unspecified atom stereocenters. The number of tetrazole rings is 2. The monoisotopic (exact) mass is 894 g/mol. The maximum Gasteiger partial charge on any atom is 0.435 e. The second-order valence-corrected chi connectivity index (χ2v) is 15.1. The average molecular weight is 895 g/mol. The van der Waals surface area contributed by atoms with Gasteiger partial charge in [-0.3, -0.25) is 0 Å². The van der Waals surface area contributed by atoms with E-state index in [1.165, 1.54) is 4.57 Å². The summed E-state index contributed by atoms with van der Waals surface area (Å²) in [6.07, 6.45) is -8.35. The molecular weight excluding hydrogens is 855 g/mol. The fourth-order valence-electron chi connectivity index (χ4n) is 7.67. The minimum absolute atomic E-state index is 0.0210. The van der Waals surface area contributed by atoms with Gasteiger partial charge in [-0.05, 0) is 56.6 Å². The summed E-state index contributed by atoms with van der Waals surface area (Å²) in [6, 6.07) is 28.8. The highest BCUT2D eigenvalue weighted by Gasteiger charge is 2.43. The molecule has 0 saturated carbocycles. The van der Waals surface area contributed by atoms with Crippen LogP contribution < -0.4 is 0 Å². The molecule has 8 aromatic rings. The third kappa shape index (κ3) is 9.56. The van der Waals surface area contributed by atoms with E-state index in [0.717, 1.165) is 26.8 Å². The molecule has 4 heterocycles. The molecule has 0 atom stereocenters. The molecule has 0 radical (unpaired) electrons. The van der Waals surface area contributed by atoms with Crippen LogP contribution in [0.3, 0.4) is 0 Å². The van der Waals surface area contributed by atoms with E-state index in [1.807, 2.05) is 55.5 Å². The lowest BCUT2D eigenvalue weighted by Crippen LogP contribution is -2.21. The van der Waals surface area contributed by atoms with Crippen molar-refractivity contribution in [1.29, 1.82) is 0 Å². The van der Waals surface area contributed by atoms with Gasteiger partial charge in [-0.2, -0.15) is 36.8 Å². The Morgan fingerprint density at radius 3 is 1.54 bits per heavy atom. The Labute approximate surface area is 367 Å². The van der Waals surface area contributed by atoms with Crippen molar-refractivity contribution in [1.82, 2.24) is 60.4 Å². The summed E-state index contributed by atoms with van der Waals surface area (Å²) in [5.41, 5.74) is 1.38. The number of rotatable bonds is 16. The van der Waals surface area contributed by atoms with Gasteiger partial charge in [-0.25, -0.2) is 14.8 Å². The van der Waals surface area contributed by atoms with Gasteiger partial charge in [-0.1, -0.05) is 117 Å². The fourth-order valence-corrected chi connectivity index (χ4v) is 7.67. The molecule has 4 aromatic heterocycles. The quantitative estimate of drug-likeness (QED) is 0.0703. The topological polar surface area (TPSA) is 171 Å². The number of nitrogens with one attached hydrogen (secondary N) is 2. The SMILES string of the molecule is CCCCc1nc(C(F)(F)F)c(C(=O)OCc2c(C(F)(F)F)nc(CCC)n2Cc2ccc(-c3ccccc3-c3nn[nH]n3)cc2)n1Cc1ccc(-c2ccccc2-c2nn[nH]n2)cc1. The number of imidazole rings is 2. The number of esters is 1. The van der Waals surface area contributed by atoms with E-state index in [2.05, 4.69) is 51.2 Å². The van der Waals surface area contributed by atoms with Crippen molar-refractivity contribution < 1.29 is 35.9 Å². The molecule has 8 rings (SSSR count). The molecular formula is C45H40F6N12O2. The number of carbonyl (C=O) groups is 1. The second-order valence-electron chi connectivity index (χ2n) is 15.1. The van der Waals surface area contributed by atoms with Crippen LogP contribution in [0.25, 0.3) is 45.0 Å². The highest BCUT2D eigenvalue weighted by atomic mass is 19.4. The largest absolute Gasteiger partial charge is 0.454 e. The molecule has 0 saturated heterocycles. The maximum absolute atomic E-state index is 14.8. The molecule has 0 aliphatic carbocycles. The van der Waals surface area contributed by atoms with E-state index in [-0.39, 0.29) is 37.6 Å². The van der Waals surface area contributed by atoms with Crippen LogP contribution in [-0.4, -0.2) is 66.3 Å². The maximum atomic E-state index is 14.8. The normalized spacial score (nSPS) is 11.9. The van der Waals surface area contributed by atoms with Crippen LogP contribution in [0.15, 0.2) is 97.1 Å². The number of aromatic amines is 2. The number of ether oxygens (including phenoxy) is 1. The van der Waals surface area contributed by atoms with E-state index < -0.39 is 47.7 Å². The molecule has 0 bridgehead atoms. The number of nitrogens with zero attached hydrogens (tertiary/aromatic N) is 10. The molecule has 0 spiro atoms. The minimum Gasteiger partial charge on any atom is -0.454 e. The third-order valence-corrected chi connectivity index (χ3v) is 10.7. The van der Waals surface area contributed by atoms with Crippen LogP contribution in [-0.2, 0) is 49.6 Å². The van der Waals surface area contributed by atoms with Crippen LogP contribution in [0.1, 0.15) is 83.5 Å². The summed E-state index contributed by atoms with van der Waals surface area (Å²) in [7, 11) is 0. The number of benzene rings is 4. The Bertz CT molecular complexity index is 2870. The van der Waals surface area contributed by atoms with Crippen LogP contribution >= 0.6 is 0 Å². The minimum atomic E-state index is -5.10. The van der Waals surface area contributed by atoms with Crippen LogP contribution in [0.2, 0.25) is 0 Å². The van der Waals surface area contributed by atoms with E-state index in [4.69, 9.17) is 4.74 Å². The highest BCUT2D eigenvalue weighted by molar-refractivity contribution is 5.89. The van der Waals surface area contributed by atoms with Crippen molar-refractivity contribution in [2.75, 3.05) is 0 Å². The summed E-state index contributed by atoms with van der Waals surface area (Å²) >= 11 is 0. The number of hydrogen-bond acceptors (Lipinski definition) is 10. The number of aromatic nitrogens is 12. The van der Waals surface area contributed by atoms with Crippen molar-refractivity contribution >= 4 is 5.97 Å². The first-order valence-corrected chi connectivity index (χ1v) is 20.7. The van der Waals surface area contributed by atoms with Gasteiger partial charge in [0.2, 0.25) is 11.6 Å². The first-order valence-electron chi connectivity index (χ1n) is 20.7. The van der Waals surface area contributed by atoms with Gasteiger partial charge >= 0.3 is 18.3 Å². The number of hydrogen-bond donors (Lipinski definition) is 2. The van der Waals surface area contributed by atoms with Crippen molar-refractivity contribution in [2.45, 2.75) is 78.0 Å². The third-order valence-electron chi connectivity index (χ3n) is 10.7. The molecule has 65 heavy (non-hydrogen) atoms. The van der Waals surface area contributed by atoms with Crippen LogP contribution in [0.4, 0.5) is 26.3 Å². The molecule has 20 heteroatoms. The lowest BCUT2D eigenvalue weighted by atomic mass is 9.98. The standard InChI is InChI=1S/C45H40F6N12O2/c1-3-5-15-37-53-40(45(49,50)51)38(63(37)25-28-18-22-30(23-19-28)32-12-7-9-14-34(32)42-56-60-61-57-42)43(64)65-26-35-39(44(46,47)48)52-36(10-4-2)62(35)24-27-16-20-29(21-17-27)31-11-6-8-13-33(31)41-54-58-59-55-41/h6-9,11-14,16-23H,3-5,10,15,24-26H2,1-2H3,(H,54,55,58,59)(H,56,57,60,61). The van der Waals surface area contributed by atoms with Gasteiger partial charge in [0.25, 0.3) is 0 Å². The van der Waals surface area contributed by atoms with E-state index >= 15 is 0 Å². The predicted octanol–water partition coefficient (Wildman–Crippen LogP) is 9.56. The Morgan fingerprint density at radius 2 is 1.08 bits per heavy atom. The van der Waals surface area contributed by atoms with E-state index in [0.29, 0.717) is 53.2 Å². The first-order chi connectivity index (χ1) is 31.3. The lowest BCUT2D eigenvalue weighted by molar-refractivity contribution is -0.142. The number of unbranched alkanes of at least 4 members (excludes halogenated alkanes) is 1. The van der Waals surface area contributed by atoms with Gasteiger partial charge in [0.15, 0.2) is 17.1 Å². The number of alkyl halides is 6. The second kappa shape index (κ2) is 18.7. The van der Waals surface area contributed by atoms with E-state index in [1.54, 1.807) is 55.5 Å². The number of H-pyrrole nitrogens is 2. The Balaban J connectivity index is 1.11. The number of aryl methyl sites for hydroxylation is 2. The number of carbonyl (C=O) groups excluding carboxylic acids is 1. The lowest BCUT2D eigenvalue weighted by Gasteiger charge is -2.16. The summed E-state index contributed by atoms with van der Waals surface area (Å²) in [5.74, 6) is -0.687. The predicted molar refractivity (Wildman–Crippen MR) is 224 cm³/mol. The van der Waals surface area contributed by atoms with Gasteiger partial charge in [-0.15, -0.1) is 20.4 Å². The molecule has 2 N–H and O–H groups in total. The fraction of sp³-hybridized carbons (Fsp3) is 0.267. The summed E-state index contributed by atoms with van der Waals surface area (Å²) in [6.45, 7) is 2.28. The molecule has 0 amide bonds. The smallest absolute Gasteiger partial charge is 0.435 e. The van der Waals surface area contributed by atoms with Crippen LogP contribution in [0.5, 0.6) is 0 Å². The van der Waals surface area contributed by atoms with E-state index in [9.17, 15) is 31.1 Å². The van der Waals surface area contributed by atoms with Gasteiger partial charge in [0.1, 0.15) is 18.3 Å².